The number of ketones is 1. The van der Waals surface area contributed by atoms with Gasteiger partial charge in [-0.05, 0) is 44.2 Å². The highest BCUT2D eigenvalue weighted by atomic mass is 32.1. The molecule has 0 radical (unpaired) electrons. The Morgan fingerprint density at radius 2 is 1.92 bits per heavy atom. The van der Waals surface area contributed by atoms with Gasteiger partial charge in [-0.2, -0.15) is 0 Å². The minimum absolute atomic E-state index is 0.00290. The van der Waals surface area contributed by atoms with Crippen LogP contribution in [0.15, 0.2) is 66.8 Å². The molecule has 1 amide bonds. The molecule has 1 aliphatic heterocycles. The molecule has 8 nitrogen and oxygen atoms in total. The second kappa shape index (κ2) is 10.8. The van der Waals surface area contributed by atoms with E-state index < -0.39 is 35.3 Å². The molecule has 0 saturated carbocycles. The van der Waals surface area contributed by atoms with Crippen LogP contribution in [0.2, 0.25) is 0 Å². The van der Waals surface area contributed by atoms with Gasteiger partial charge in [0.1, 0.15) is 34.9 Å². The van der Waals surface area contributed by atoms with E-state index >= 15 is 4.39 Å². The van der Waals surface area contributed by atoms with E-state index in [1.807, 2.05) is 0 Å². The fourth-order valence-electron chi connectivity index (χ4n) is 3.91. The van der Waals surface area contributed by atoms with Crippen LogP contribution in [-0.4, -0.2) is 41.0 Å². The van der Waals surface area contributed by atoms with Crippen LogP contribution in [-0.2, 0) is 14.3 Å². The zero-order valence-electron chi connectivity index (χ0n) is 20.1. The van der Waals surface area contributed by atoms with Crippen molar-refractivity contribution in [1.82, 2.24) is 4.98 Å². The minimum Gasteiger partial charge on any atom is -0.507 e. The molecule has 1 fully saturated rings. The lowest BCUT2D eigenvalue weighted by Gasteiger charge is -2.23. The number of anilines is 1. The first-order valence-electron chi connectivity index (χ1n) is 11.3. The van der Waals surface area contributed by atoms with E-state index in [4.69, 9.17) is 9.47 Å². The SMILES string of the molecule is C=CCOc1ccc(C(O)=C2C(=O)C(=O)N(c3nc(C)c(C(=O)OCC)s3)[C@H]2c2ccccc2F)cc1. The lowest BCUT2D eigenvalue weighted by Crippen LogP contribution is -2.29. The molecule has 10 heteroatoms. The van der Waals surface area contributed by atoms with Gasteiger partial charge >= 0.3 is 11.9 Å². The van der Waals surface area contributed by atoms with Crippen LogP contribution in [0.5, 0.6) is 5.75 Å². The Morgan fingerprint density at radius 1 is 1.22 bits per heavy atom. The van der Waals surface area contributed by atoms with Crippen LogP contribution < -0.4 is 9.64 Å². The predicted molar refractivity (Wildman–Crippen MR) is 136 cm³/mol. The van der Waals surface area contributed by atoms with Crippen LogP contribution in [0.3, 0.4) is 0 Å². The van der Waals surface area contributed by atoms with E-state index in [0.717, 1.165) is 16.2 Å². The molecule has 4 rings (SSSR count). The van der Waals surface area contributed by atoms with Gasteiger partial charge in [0, 0.05) is 11.1 Å². The number of ether oxygens (including phenoxy) is 2. The Bertz CT molecular complexity index is 1410. The Labute approximate surface area is 216 Å². The largest absolute Gasteiger partial charge is 0.507 e. The highest BCUT2D eigenvalue weighted by Crippen LogP contribution is 2.44. The topological polar surface area (TPSA) is 106 Å². The number of aryl methyl sites for hydroxylation is 1. The van der Waals surface area contributed by atoms with Gasteiger partial charge in [-0.15, -0.1) is 0 Å². The molecule has 0 unspecified atom stereocenters. The van der Waals surface area contributed by atoms with E-state index in [0.29, 0.717) is 11.4 Å². The Morgan fingerprint density at radius 3 is 2.57 bits per heavy atom. The molecular weight excluding hydrogens is 499 g/mol. The first kappa shape index (κ1) is 25.8. The van der Waals surface area contributed by atoms with Crippen molar-refractivity contribution < 1.29 is 33.4 Å². The van der Waals surface area contributed by atoms with Crippen molar-refractivity contribution in [2.75, 3.05) is 18.1 Å². The maximum atomic E-state index is 15.0. The fraction of sp³-hybridized carbons (Fsp3) is 0.185. The number of esters is 1. The van der Waals surface area contributed by atoms with Crippen molar-refractivity contribution in [3.8, 4) is 5.75 Å². The zero-order chi connectivity index (χ0) is 26.7. The number of Topliss-reactive ketones (excluding diaryl/α,β-unsaturated/α-hetero) is 1. The standard InChI is InChI=1S/C27H23FN2O6S/c1-4-14-36-17-12-10-16(11-13-17)22(31)20-21(18-8-6-7-9-19(18)28)30(25(33)23(20)32)27-29-15(3)24(37-27)26(34)35-5-2/h4,6-13,21,31H,1,5,14H2,2-3H3/t21-/m0/s1. The van der Waals surface area contributed by atoms with E-state index in [1.54, 1.807) is 38.1 Å². The van der Waals surface area contributed by atoms with Crippen molar-refractivity contribution in [3.05, 3.63) is 94.3 Å². The molecule has 2 heterocycles. The van der Waals surface area contributed by atoms with Crippen molar-refractivity contribution in [3.63, 3.8) is 0 Å². The van der Waals surface area contributed by atoms with Crippen molar-refractivity contribution >= 4 is 39.9 Å². The minimum atomic E-state index is -1.32. The molecule has 3 aromatic rings. The Balaban J connectivity index is 1.86. The summed E-state index contributed by atoms with van der Waals surface area (Å²) in [7, 11) is 0. The van der Waals surface area contributed by atoms with E-state index in [2.05, 4.69) is 11.6 Å². The number of aromatic nitrogens is 1. The van der Waals surface area contributed by atoms with Gasteiger partial charge in [-0.3, -0.25) is 14.5 Å². The number of hydrogen-bond acceptors (Lipinski definition) is 8. The summed E-state index contributed by atoms with van der Waals surface area (Å²) in [6.45, 7) is 7.23. The number of rotatable bonds is 8. The average Bonchev–Trinajstić information content (AvgIpc) is 3.39. The third-order valence-corrected chi connectivity index (χ3v) is 6.73. The van der Waals surface area contributed by atoms with Gasteiger partial charge in [0.25, 0.3) is 5.78 Å². The van der Waals surface area contributed by atoms with Crippen molar-refractivity contribution in [2.24, 2.45) is 0 Å². The predicted octanol–water partition coefficient (Wildman–Crippen LogP) is 4.96. The van der Waals surface area contributed by atoms with Gasteiger partial charge in [0.15, 0.2) is 5.13 Å². The molecule has 1 aromatic heterocycles. The summed E-state index contributed by atoms with van der Waals surface area (Å²) in [6.07, 6.45) is 1.58. The zero-order valence-corrected chi connectivity index (χ0v) is 20.9. The molecule has 190 valence electrons. The highest BCUT2D eigenvalue weighted by Gasteiger charge is 2.49. The molecule has 1 N–H and O–H groups in total. The molecule has 37 heavy (non-hydrogen) atoms. The van der Waals surface area contributed by atoms with Gasteiger partial charge in [-0.25, -0.2) is 14.2 Å². The van der Waals surface area contributed by atoms with E-state index in [1.165, 1.54) is 30.3 Å². The number of carbonyl (C=O) groups is 3. The summed E-state index contributed by atoms with van der Waals surface area (Å²) in [4.78, 5) is 44.3. The number of aliphatic hydroxyl groups is 1. The summed E-state index contributed by atoms with van der Waals surface area (Å²) in [6, 6.07) is 10.5. The van der Waals surface area contributed by atoms with E-state index in [9.17, 15) is 19.5 Å². The smallest absolute Gasteiger partial charge is 0.350 e. The highest BCUT2D eigenvalue weighted by molar-refractivity contribution is 7.17. The summed E-state index contributed by atoms with van der Waals surface area (Å²) < 4.78 is 25.5. The first-order chi connectivity index (χ1) is 17.8. The normalized spacial score (nSPS) is 16.6. The molecule has 1 aliphatic rings. The summed E-state index contributed by atoms with van der Waals surface area (Å²) in [5.41, 5.74) is 0.204. The van der Waals surface area contributed by atoms with Crippen LogP contribution >= 0.6 is 11.3 Å². The fourth-order valence-corrected chi connectivity index (χ4v) is 4.90. The van der Waals surface area contributed by atoms with Gasteiger partial charge < -0.3 is 14.6 Å². The number of carbonyl (C=O) groups excluding carboxylic acids is 3. The first-order valence-corrected chi connectivity index (χ1v) is 12.1. The Kier molecular flexibility index (Phi) is 7.49. The molecular formula is C27H23FN2O6S. The van der Waals surface area contributed by atoms with E-state index in [-0.39, 0.29) is 39.9 Å². The average molecular weight is 523 g/mol. The molecule has 1 atom stereocenters. The summed E-state index contributed by atoms with van der Waals surface area (Å²) in [5, 5.41) is 11.2. The number of hydrogen-bond donors (Lipinski definition) is 1. The lowest BCUT2D eigenvalue weighted by molar-refractivity contribution is -0.132. The van der Waals surface area contributed by atoms with Crippen LogP contribution in [0.4, 0.5) is 9.52 Å². The number of halogens is 1. The second-order valence-corrected chi connectivity index (χ2v) is 8.92. The molecule has 0 bridgehead atoms. The molecule has 0 spiro atoms. The number of nitrogens with zero attached hydrogens (tertiary/aromatic N) is 2. The maximum absolute atomic E-state index is 15.0. The number of amides is 1. The quantitative estimate of drug-likeness (QED) is 0.147. The third-order valence-electron chi connectivity index (χ3n) is 5.59. The number of aliphatic hydroxyl groups excluding tert-OH is 1. The Hall–Kier alpha value is -4.31. The maximum Gasteiger partial charge on any atom is 0.350 e. The summed E-state index contributed by atoms with van der Waals surface area (Å²) in [5.74, 6) is -3.30. The van der Waals surface area contributed by atoms with Crippen molar-refractivity contribution in [1.29, 1.82) is 0 Å². The van der Waals surface area contributed by atoms with Gasteiger partial charge in [-0.1, -0.05) is 42.2 Å². The lowest BCUT2D eigenvalue weighted by atomic mass is 9.95. The monoisotopic (exact) mass is 522 g/mol. The number of thiazole rings is 1. The van der Waals surface area contributed by atoms with Crippen LogP contribution in [0, 0.1) is 12.7 Å². The van der Waals surface area contributed by atoms with Crippen molar-refractivity contribution in [2.45, 2.75) is 19.9 Å². The second-order valence-electron chi connectivity index (χ2n) is 7.95. The van der Waals surface area contributed by atoms with Gasteiger partial charge in [0.2, 0.25) is 0 Å². The number of benzene rings is 2. The molecule has 2 aromatic carbocycles. The third kappa shape index (κ3) is 4.88. The van der Waals surface area contributed by atoms with Crippen LogP contribution in [0.1, 0.15) is 39.5 Å². The van der Waals surface area contributed by atoms with Gasteiger partial charge in [0.05, 0.1) is 17.9 Å². The molecule has 1 saturated heterocycles. The summed E-state index contributed by atoms with van der Waals surface area (Å²) >= 11 is 0.850. The van der Waals surface area contributed by atoms with Crippen LogP contribution in [0.25, 0.3) is 5.76 Å². The molecule has 0 aliphatic carbocycles.